The van der Waals surface area contributed by atoms with Gasteiger partial charge in [-0.1, -0.05) is 0 Å². The molecule has 0 aromatic carbocycles. The van der Waals surface area contributed by atoms with Crippen LogP contribution in [0.15, 0.2) is 4.99 Å². The first kappa shape index (κ1) is 21.9. The second-order valence-electron chi connectivity index (χ2n) is 6.74. The third-order valence-corrected chi connectivity index (χ3v) is 4.61. The number of guanidine groups is 1. The molecule has 2 heterocycles. The minimum absolute atomic E-state index is 0. The number of hydrogen-bond acceptors (Lipinski definition) is 4. The monoisotopic (exact) mass is 455 g/mol. The van der Waals surface area contributed by atoms with E-state index in [9.17, 15) is 0 Å². The molecule has 1 unspecified atom stereocenters. The first-order valence-electron chi connectivity index (χ1n) is 8.96. The molecule has 0 aromatic rings. The van der Waals surface area contributed by atoms with Gasteiger partial charge < -0.3 is 24.8 Å². The van der Waals surface area contributed by atoms with E-state index in [2.05, 4.69) is 22.5 Å². The minimum Gasteiger partial charge on any atom is -0.381 e. The molecule has 2 aliphatic heterocycles. The Hall–Kier alpha value is -0.120. The van der Waals surface area contributed by atoms with Crippen molar-refractivity contribution in [2.24, 2.45) is 10.9 Å². The van der Waals surface area contributed by atoms with Crippen LogP contribution >= 0.6 is 24.0 Å². The highest BCUT2D eigenvalue weighted by Gasteiger charge is 2.29. The van der Waals surface area contributed by atoms with Crippen molar-refractivity contribution < 1.29 is 14.2 Å². The molecule has 2 N–H and O–H groups in total. The van der Waals surface area contributed by atoms with E-state index in [0.717, 1.165) is 84.2 Å². The van der Waals surface area contributed by atoms with Crippen LogP contribution < -0.4 is 10.6 Å². The van der Waals surface area contributed by atoms with Crippen molar-refractivity contribution in [2.45, 2.75) is 44.6 Å². The van der Waals surface area contributed by atoms with Crippen LogP contribution in [0.4, 0.5) is 0 Å². The molecule has 2 fully saturated rings. The number of nitrogens with zero attached hydrogens (tertiary/aromatic N) is 1. The standard InChI is InChI=1S/C17H33N3O3.HI/c1-17(7-3-10-23-17)14-20-16(18-2)19-8-4-9-22-13-15-5-11-21-12-6-15;/h15H,3-14H2,1-2H3,(H2,18,19,20);1H. The van der Waals surface area contributed by atoms with Gasteiger partial charge in [0.15, 0.2) is 5.96 Å². The minimum atomic E-state index is -0.0511. The molecule has 0 radical (unpaired) electrons. The molecule has 0 aliphatic carbocycles. The van der Waals surface area contributed by atoms with Crippen LogP contribution in [0.2, 0.25) is 0 Å². The summed E-state index contributed by atoms with van der Waals surface area (Å²) < 4.78 is 16.9. The van der Waals surface area contributed by atoms with E-state index in [-0.39, 0.29) is 29.6 Å². The van der Waals surface area contributed by atoms with Crippen LogP contribution in [0, 0.1) is 5.92 Å². The molecular weight excluding hydrogens is 421 g/mol. The van der Waals surface area contributed by atoms with Crippen molar-refractivity contribution in [3.63, 3.8) is 0 Å². The molecule has 0 saturated carbocycles. The summed E-state index contributed by atoms with van der Waals surface area (Å²) in [7, 11) is 1.80. The highest BCUT2D eigenvalue weighted by molar-refractivity contribution is 14.0. The second kappa shape index (κ2) is 12.3. The molecule has 1 atom stereocenters. The van der Waals surface area contributed by atoms with Crippen LogP contribution in [0.3, 0.4) is 0 Å². The van der Waals surface area contributed by atoms with E-state index >= 15 is 0 Å². The first-order valence-corrected chi connectivity index (χ1v) is 8.96. The van der Waals surface area contributed by atoms with Crippen LogP contribution in [-0.2, 0) is 14.2 Å². The summed E-state index contributed by atoms with van der Waals surface area (Å²) >= 11 is 0. The van der Waals surface area contributed by atoms with E-state index < -0.39 is 0 Å². The van der Waals surface area contributed by atoms with Gasteiger partial charge in [0, 0.05) is 53.2 Å². The zero-order valence-electron chi connectivity index (χ0n) is 15.1. The Morgan fingerprint density at radius 1 is 1.25 bits per heavy atom. The average molecular weight is 455 g/mol. The molecule has 2 rings (SSSR count). The molecule has 7 heteroatoms. The Morgan fingerprint density at radius 3 is 2.71 bits per heavy atom. The number of rotatable bonds is 8. The lowest BCUT2D eigenvalue weighted by Crippen LogP contribution is -2.45. The summed E-state index contributed by atoms with van der Waals surface area (Å²) in [5.41, 5.74) is -0.0511. The van der Waals surface area contributed by atoms with E-state index in [1.165, 1.54) is 0 Å². The van der Waals surface area contributed by atoms with Crippen molar-refractivity contribution in [3.05, 3.63) is 0 Å². The van der Waals surface area contributed by atoms with Crippen LogP contribution in [0.1, 0.15) is 39.0 Å². The van der Waals surface area contributed by atoms with Gasteiger partial charge in [-0.2, -0.15) is 0 Å². The summed E-state index contributed by atoms with van der Waals surface area (Å²) in [5, 5.41) is 6.69. The molecule has 2 aliphatic rings. The van der Waals surface area contributed by atoms with Gasteiger partial charge in [0.05, 0.1) is 5.60 Å². The van der Waals surface area contributed by atoms with Crippen molar-refractivity contribution in [1.29, 1.82) is 0 Å². The maximum absolute atomic E-state index is 5.78. The third kappa shape index (κ3) is 8.31. The molecule has 0 amide bonds. The molecule has 6 nitrogen and oxygen atoms in total. The number of halogens is 1. The van der Waals surface area contributed by atoms with E-state index in [1.807, 2.05) is 0 Å². The molecule has 0 aromatic heterocycles. The van der Waals surface area contributed by atoms with Crippen molar-refractivity contribution >= 4 is 29.9 Å². The van der Waals surface area contributed by atoms with Crippen LogP contribution in [0.5, 0.6) is 0 Å². The summed E-state index contributed by atoms with van der Waals surface area (Å²) in [5.74, 6) is 1.52. The number of nitrogens with one attached hydrogen (secondary N) is 2. The van der Waals surface area contributed by atoms with Gasteiger partial charge in [-0.15, -0.1) is 24.0 Å². The maximum atomic E-state index is 5.78. The fraction of sp³-hybridized carbons (Fsp3) is 0.941. The van der Waals surface area contributed by atoms with Crippen molar-refractivity contribution in [2.75, 3.05) is 53.2 Å². The Morgan fingerprint density at radius 2 is 2.04 bits per heavy atom. The van der Waals surface area contributed by atoms with E-state index in [0.29, 0.717) is 5.92 Å². The molecule has 2 saturated heterocycles. The van der Waals surface area contributed by atoms with Crippen molar-refractivity contribution in [1.82, 2.24) is 10.6 Å². The smallest absolute Gasteiger partial charge is 0.191 e. The van der Waals surface area contributed by atoms with Crippen molar-refractivity contribution in [3.8, 4) is 0 Å². The molecule has 0 bridgehead atoms. The van der Waals surface area contributed by atoms with Gasteiger partial charge in [-0.3, -0.25) is 4.99 Å². The normalized spacial score (nSPS) is 25.3. The Bertz CT molecular complexity index is 357. The predicted octanol–water partition coefficient (Wildman–Crippen LogP) is 2.17. The summed E-state index contributed by atoms with van der Waals surface area (Å²) in [6, 6.07) is 0. The number of aliphatic imine (C=N–C) groups is 1. The van der Waals surface area contributed by atoms with Crippen LogP contribution in [0.25, 0.3) is 0 Å². The highest BCUT2D eigenvalue weighted by atomic mass is 127. The summed E-state index contributed by atoms with van der Waals surface area (Å²) in [6.07, 6.45) is 5.51. The molecule has 0 spiro atoms. The molecule has 142 valence electrons. The molecule has 24 heavy (non-hydrogen) atoms. The van der Waals surface area contributed by atoms with Crippen LogP contribution in [-0.4, -0.2) is 64.7 Å². The average Bonchev–Trinajstić information content (AvgIpc) is 3.01. The lowest BCUT2D eigenvalue weighted by Gasteiger charge is -2.24. The number of hydrogen-bond donors (Lipinski definition) is 2. The fourth-order valence-electron chi connectivity index (χ4n) is 3.01. The van der Waals surface area contributed by atoms with Gasteiger partial charge in [-0.25, -0.2) is 0 Å². The third-order valence-electron chi connectivity index (χ3n) is 4.61. The van der Waals surface area contributed by atoms with E-state index in [4.69, 9.17) is 14.2 Å². The zero-order valence-corrected chi connectivity index (χ0v) is 17.5. The quantitative estimate of drug-likeness (QED) is 0.254. The SMILES string of the molecule is CN=C(NCCCOCC1CCOCC1)NCC1(C)CCCO1.I. The lowest BCUT2D eigenvalue weighted by atomic mass is 10.0. The second-order valence-corrected chi connectivity index (χ2v) is 6.74. The zero-order chi connectivity index (χ0) is 16.4. The highest BCUT2D eigenvalue weighted by Crippen LogP contribution is 2.23. The van der Waals surface area contributed by atoms with E-state index in [1.54, 1.807) is 7.05 Å². The lowest BCUT2D eigenvalue weighted by molar-refractivity contribution is 0.0203. The molecular formula is C17H34IN3O3. The Kier molecular flexibility index (Phi) is 11.2. The first-order chi connectivity index (χ1) is 11.2. The Balaban J connectivity index is 0.00000288. The maximum Gasteiger partial charge on any atom is 0.191 e. The predicted molar refractivity (Wildman–Crippen MR) is 107 cm³/mol. The van der Waals surface area contributed by atoms with Gasteiger partial charge in [0.25, 0.3) is 0 Å². The topological polar surface area (TPSA) is 64.1 Å². The number of ether oxygens (including phenoxy) is 3. The summed E-state index contributed by atoms with van der Waals surface area (Å²) in [6.45, 7) is 8.13. The van der Waals surface area contributed by atoms with Gasteiger partial charge >= 0.3 is 0 Å². The van der Waals surface area contributed by atoms with Gasteiger partial charge in [0.1, 0.15) is 0 Å². The Labute approximate surface area is 163 Å². The largest absolute Gasteiger partial charge is 0.381 e. The fourth-order valence-corrected chi connectivity index (χ4v) is 3.01. The van der Waals surface area contributed by atoms with Gasteiger partial charge in [-0.05, 0) is 44.9 Å². The van der Waals surface area contributed by atoms with Gasteiger partial charge in [0.2, 0.25) is 0 Å². The summed E-state index contributed by atoms with van der Waals surface area (Å²) in [4.78, 5) is 4.26.